The van der Waals surface area contributed by atoms with E-state index in [0.29, 0.717) is 18.7 Å². The van der Waals surface area contributed by atoms with Gasteiger partial charge in [-0.1, -0.05) is 12.1 Å². The highest BCUT2D eigenvalue weighted by Gasteiger charge is 2.14. The number of amides is 1. The molecule has 2 heterocycles. The van der Waals surface area contributed by atoms with E-state index in [2.05, 4.69) is 15.4 Å². The second kappa shape index (κ2) is 9.20. The monoisotopic (exact) mass is 395 g/mol. The molecule has 8 nitrogen and oxygen atoms in total. The van der Waals surface area contributed by atoms with Crippen LogP contribution >= 0.6 is 0 Å². The maximum absolute atomic E-state index is 12.6. The molecule has 1 atom stereocenters. The maximum atomic E-state index is 12.6. The fourth-order valence-corrected chi connectivity index (χ4v) is 2.78. The summed E-state index contributed by atoms with van der Waals surface area (Å²) in [5.41, 5.74) is 8.87. The fourth-order valence-electron chi connectivity index (χ4n) is 2.78. The molecule has 0 aliphatic carbocycles. The third-order valence-electron chi connectivity index (χ3n) is 4.42. The number of nitrogen functional groups attached to an aromatic ring is 1. The number of nitrogens with zero attached hydrogens (tertiary/aromatic N) is 3. The molecule has 0 radical (unpaired) electrons. The van der Waals surface area contributed by atoms with Crippen molar-refractivity contribution >= 4 is 11.7 Å². The summed E-state index contributed by atoms with van der Waals surface area (Å²) in [5, 5.41) is 6.99. The summed E-state index contributed by atoms with van der Waals surface area (Å²) >= 11 is 0. The number of pyridine rings is 1. The van der Waals surface area contributed by atoms with Crippen molar-refractivity contribution in [3.63, 3.8) is 0 Å². The van der Waals surface area contributed by atoms with Crippen LogP contribution in [-0.4, -0.2) is 40.4 Å². The predicted molar refractivity (Wildman–Crippen MR) is 110 cm³/mol. The molecule has 0 saturated carbocycles. The Bertz CT molecular complexity index is 986. The molecule has 0 aliphatic heterocycles. The van der Waals surface area contributed by atoms with E-state index < -0.39 is 0 Å². The summed E-state index contributed by atoms with van der Waals surface area (Å²) in [4.78, 5) is 16.7. The zero-order valence-corrected chi connectivity index (χ0v) is 16.8. The average molecular weight is 395 g/mol. The molecule has 3 rings (SSSR count). The molecular weight excluding hydrogens is 370 g/mol. The number of aromatic nitrogens is 3. The standard InChI is InChI=1S/C21H25N5O3/c1-14(29-13-15-5-4-6-18(7-15)28-3)9-24-21(27)19-8-16(10-23-20(19)22)17-11-25-26(2)12-17/h4-8,10-12,14H,9,13H2,1-3H3,(H2,22,23)(H,24,27). The number of carbonyl (C=O) groups excluding carboxylic acids is 1. The summed E-state index contributed by atoms with van der Waals surface area (Å²) in [7, 11) is 3.46. The number of aryl methyl sites for hydroxylation is 1. The molecule has 0 bridgehead atoms. The van der Waals surface area contributed by atoms with Crippen LogP contribution in [0, 0.1) is 0 Å². The Labute approximate surface area is 169 Å². The molecule has 152 valence electrons. The number of benzene rings is 1. The highest BCUT2D eigenvalue weighted by atomic mass is 16.5. The molecule has 2 aromatic heterocycles. The van der Waals surface area contributed by atoms with Crippen LogP contribution in [-0.2, 0) is 18.4 Å². The van der Waals surface area contributed by atoms with Gasteiger partial charge in [0.15, 0.2) is 0 Å². The van der Waals surface area contributed by atoms with Gasteiger partial charge in [-0.25, -0.2) is 4.98 Å². The van der Waals surface area contributed by atoms with Crippen molar-refractivity contribution in [2.45, 2.75) is 19.6 Å². The third-order valence-corrected chi connectivity index (χ3v) is 4.42. The van der Waals surface area contributed by atoms with Crippen LogP contribution in [0.5, 0.6) is 5.75 Å². The van der Waals surface area contributed by atoms with Gasteiger partial charge in [0.05, 0.1) is 31.6 Å². The summed E-state index contributed by atoms with van der Waals surface area (Å²) in [5.74, 6) is 0.668. The molecule has 3 aromatic rings. The number of rotatable bonds is 8. The Morgan fingerprint density at radius 2 is 2.10 bits per heavy atom. The van der Waals surface area contributed by atoms with E-state index in [1.54, 1.807) is 30.3 Å². The van der Waals surface area contributed by atoms with Crippen LogP contribution in [0.3, 0.4) is 0 Å². The van der Waals surface area contributed by atoms with Gasteiger partial charge in [-0.05, 0) is 30.7 Å². The Morgan fingerprint density at radius 3 is 2.83 bits per heavy atom. The lowest BCUT2D eigenvalue weighted by molar-refractivity contribution is 0.0508. The molecule has 0 spiro atoms. The average Bonchev–Trinajstić information content (AvgIpc) is 3.17. The summed E-state index contributed by atoms with van der Waals surface area (Å²) < 4.78 is 12.7. The van der Waals surface area contributed by atoms with Crippen molar-refractivity contribution in [2.75, 3.05) is 19.4 Å². The molecule has 1 aromatic carbocycles. The van der Waals surface area contributed by atoms with Crippen molar-refractivity contribution < 1.29 is 14.3 Å². The predicted octanol–water partition coefficient (Wildman–Crippen LogP) is 2.41. The maximum Gasteiger partial charge on any atom is 0.255 e. The van der Waals surface area contributed by atoms with Crippen molar-refractivity contribution in [1.82, 2.24) is 20.1 Å². The Hall–Kier alpha value is -3.39. The topological polar surface area (TPSA) is 104 Å². The summed E-state index contributed by atoms with van der Waals surface area (Å²) in [6.07, 6.45) is 5.01. The highest BCUT2D eigenvalue weighted by molar-refractivity contribution is 5.99. The van der Waals surface area contributed by atoms with E-state index in [4.69, 9.17) is 15.2 Å². The Balaban J connectivity index is 1.57. The Kier molecular flexibility index (Phi) is 6.46. The van der Waals surface area contributed by atoms with E-state index in [9.17, 15) is 4.79 Å². The number of ether oxygens (including phenoxy) is 2. The van der Waals surface area contributed by atoms with Gasteiger partial charge in [-0.3, -0.25) is 9.48 Å². The zero-order chi connectivity index (χ0) is 20.8. The van der Waals surface area contributed by atoms with Crippen LogP contribution in [0.4, 0.5) is 5.82 Å². The minimum absolute atomic E-state index is 0.180. The van der Waals surface area contributed by atoms with Crippen LogP contribution in [0.15, 0.2) is 48.9 Å². The molecular formula is C21H25N5O3. The summed E-state index contributed by atoms with van der Waals surface area (Å²) in [6, 6.07) is 9.39. The van der Waals surface area contributed by atoms with Crippen LogP contribution in [0.2, 0.25) is 0 Å². The van der Waals surface area contributed by atoms with E-state index in [-0.39, 0.29) is 17.8 Å². The summed E-state index contributed by atoms with van der Waals surface area (Å²) in [6.45, 7) is 2.67. The first-order valence-electron chi connectivity index (χ1n) is 9.23. The van der Waals surface area contributed by atoms with Gasteiger partial charge in [0.2, 0.25) is 0 Å². The lowest BCUT2D eigenvalue weighted by atomic mass is 10.1. The molecule has 1 amide bonds. The van der Waals surface area contributed by atoms with E-state index in [1.807, 2.05) is 44.4 Å². The van der Waals surface area contributed by atoms with Crippen molar-refractivity contribution in [3.05, 3.63) is 60.0 Å². The van der Waals surface area contributed by atoms with Gasteiger partial charge in [0, 0.05) is 37.1 Å². The molecule has 3 N–H and O–H groups in total. The first-order chi connectivity index (χ1) is 14.0. The number of carbonyl (C=O) groups is 1. The van der Waals surface area contributed by atoms with Crippen molar-refractivity contribution in [1.29, 1.82) is 0 Å². The number of methoxy groups -OCH3 is 1. The third kappa shape index (κ3) is 5.32. The lowest BCUT2D eigenvalue weighted by Crippen LogP contribution is -2.32. The minimum atomic E-state index is -0.294. The number of nitrogens with one attached hydrogen (secondary N) is 1. The van der Waals surface area contributed by atoms with E-state index in [0.717, 1.165) is 22.4 Å². The van der Waals surface area contributed by atoms with Crippen LogP contribution in [0.25, 0.3) is 11.1 Å². The smallest absolute Gasteiger partial charge is 0.255 e. The van der Waals surface area contributed by atoms with Gasteiger partial charge in [0.25, 0.3) is 5.91 Å². The lowest BCUT2D eigenvalue weighted by Gasteiger charge is -2.15. The van der Waals surface area contributed by atoms with Crippen molar-refractivity contribution in [2.24, 2.45) is 7.05 Å². The second-order valence-electron chi connectivity index (χ2n) is 6.74. The quantitative estimate of drug-likeness (QED) is 0.607. The first kappa shape index (κ1) is 20.3. The molecule has 0 aliphatic rings. The first-order valence-corrected chi connectivity index (χ1v) is 9.23. The van der Waals surface area contributed by atoms with Gasteiger partial charge >= 0.3 is 0 Å². The van der Waals surface area contributed by atoms with Gasteiger partial charge in [-0.15, -0.1) is 0 Å². The van der Waals surface area contributed by atoms with Crippen molar-refractivity contribution in [3.8, 4) is 16.9 Å². The molecule has 0 fully saturated rings. The van der Waals surface area contributed by atoms with Gasteiger partial charge < -0.3 is 20.5 Å². The van der Waals surface area contributed by atoms with E-state index in [1.165, 1.54) is 0 Å². The van der Waals surface area contributed by atoms with Crippen LogP contribution in [0.1, 0.15) is 22.8 Å². The largest absolute Gasteiger partial charge is 0.497 e. The fraction of sp³-hybridized carbons (Fsp3) is 0.286. The number of hydrogen-bond acceptors (Lipinski definition) is 6. The molecule has 29 heavy (non-hydrogen) atoms. The molecule has 8 heteroatoms. The number of hydrogen-bond donors (Lipinski definition) is 2. The molecule has 0 saturated heterocycles. The Morgan fingerprint density at radius 1 is 1.28 bits per heavy atom. The van der Waals surface area contributed by atoms with Gasteiger partial charge in [0.1, 0.15) is 11.6 Å². The normalized spacial score (nSPS) is 11.8. The van der Waals surface area contributed by atoms with Crippen LogP contribution < -0.4 is 15.8 Å². The van der Waals surface area contributed by atoms with Gasteiger partial charge in [-0.2, -0.15) is 5.10 Å². The SMILES string of the molecule is COc1cccc(COC(C)CNC(=O)c2cc(-c3cnn(C)c3)cnc2N)c1. The van der Waals surface area contributed by atoms with E-state index >= 15 is 0 Å². The number of anilines is 1. The second-order valence-corrected chi connectivity index (χ2v) is 6.74. The molecule has 1 unspecified atom stereocenters. The highest BCUT2D eigenvalue weighted by Crippen LogP contribution is 2.21. The number of nitrogens with two attached hydrogens (primary N) is 1. The zero-order valence-electron chi connectivity index (χ0n) is 16.8. The minimum Gasteiger partial charge on any atom is -0.497 e.